The lowest BCUT2D eigenvalue weighted by Gasteiger charge is -2.66. The first-order valence-electron chi connectivity index (χ1n) is 12.2. The van der Waals surface area contributed by atoms with Crippen molar-refractivity contribution in [3.63, 3.8) is 0 Å². The number of hydrogen-bond acceptors (Lipinski definition) is 9. The van der Waals surface area contributed by atoms with Gasteiger partial charge in [0.05, 0.1) is 17.6 Å². The van der Waals surface area contributed by atoms with Crippen LogP contribution in [0.2, 0.25) is 0 Å². The van der Waals surface area contributed by atoms with Gasteiger partial charge in [-0.1, -0.05) is 0 Å². The minimum Gasteiger partial charge on any atom is -0.443 e. The molecule has 202 valence electrons. The molecule has 12 heteroatoms. The molecular weight excluding hydrogens is 613 g/mol. The molecule has 0 unspecified atom stereocenters. The van der Waals surface area contributed by atoms with E-state index in [-0.39, 0.29) is 28.5 Å². The van der Waals surface area contributed by atoms with E-state index >= 15 is 0 Å². The van der Waals surface area contributed by atoms with Gasteiger partial charge in [0.25, 0.3) is 5.91 Å². The van der Waals surface area contributed by atoms with Gasteiger partial charge in [-0.05, 0) is 111 Å². The van der Waals surface area contributed by atoms with Crippen molar-refractivity contribution >= 4 is 46.6 Å². The van der Waals surface area contributed by atoms with Gasteiger partial charge in [0.15, 0.2) is 5.69 Å². The van der Waals surface area contributed by atoms with Gasteiger partial charge in [-0.15, -0.1) is 0 Å². The number of anilines is 1. The number of carbonyl (C=O) groups excluding carboxylic acids is 2. The number of nitriles is 2. The fourth-order valence-corrected chi connectivity index (χ4v) is 5.51. The molecule has 0 spiro atoms. The van der Waals surface area contributed by atoms with E-state index in [2.05, 4.69) is 32.2 Å². The Bertz CT molecular complexity index is 1420. The Morgan fingerprint density at radius 3 is 2.31 bits per heavy atom. The molecule has 1 aromatic heterocycles. The van der Waals surface area contributed by atoms with Crippen LogP contribution < -0.4 is 20.9 Å². The smallest absolute Gasteiger partial charge is 0.426 e. The second kappa shape index (κ2) is 10.3. The van der Waals surface area contributed by atoms with E-state index in [0.717, 1.165) is 16.7 Å². The van der Waals surface area contributed by atoms with Gasteiger partial charge in [-0.3, -0.25) is 10.2 Å². The van der Waals surface area contributed by atoms with E-state index in [1.165, 1.54) is 6.08 Å². The average Bonchev–Trinajstić information content (AvgIpc) is 2.80. The second-order valence-electron chi connectivity index (χ2n) is 11.0. The molecule has 2 amide bonds. The normalized spacial score (nSPS) is 21.0. The van der Waals surface area contributed by atoms with Crippen molar-refractivity contribution in [2.45, 2.75) is 65.0 Å². The minimum absolute atomic E-state index is 0.00960. The number of benzene rings is 1. The molecular formula is C27H28IN7O4. The quantitative estimate of drug-likeness (QED) is 0.223. The van der Waals surface area contributed by atoms with E-state index < -0.39 is 17.6 Å². The summed E-state index contributed by atoms with van der Waals surface area (Å²) in [7, 11) is 0. The van der Waals surface area contributed by atoms with Crippen LogP contribution in [0.4, 0.5) is 10.7 Å². The fraction of sp³-hybridized carbons (Fsp3) is 0.407. The lowest BCUT2D eigenvalue weighted by Crippen LogP contribution is -2.70. The monoisotopic (exact) mass is 641 g/mol. The topological polar surface area (TPSA) is 162 Å². The van der Waals surface area contributed by atoms with Crippen LogP contribution in [-0.4, -0.2) is 33.1 Å². The summed E-state index contributed by atoms with van der Waals surface area (Å²) in [6.07, 6.45) is 4.33. The van der Waals surface area contributed by atoms with Crippen LogP contribution in [0.25, 0.3) is 6.08 Å². The number of aromatic nitrogens is 2. The molecule has 0 saturated heterocycles. The van der Waals surface area contributed by atoms with Crippen LogP contribution in [0, 0.1) is 45.5 Å². The highest BCUT2D eigenvalue weighted by Crippen LogP contribution is 2.67. The number of allylic oxidation sites excluding steroid dienone is 1. The number of halogens is 1. The maximum atomic E-state index is 13.1. The predicted octanol–water partition coefficient (Wildman–Crippen LogP) is 5.05. The molecule has 11 nitrogen and oxygen atoms in total. The predicted molar refractivity (Wildman–Crippen MR) is 150 cm³/mol. The van der Waals surface area contributed by atoms with Crippen LogP contribution >= 0.6 is 22.6 Å². The molecule has 0 aliphatic heterocycles. The molecule has 39 heavy (non-hydrogen) atoms. The van der Waals surface area contributed by atoms with Crippen molar-refractivity contribution in [2.24, 2.45) is 5.41 Å². The summed E-state index contributed by atoms with van der Waals surface area (Å²) in [6, 6.07) is 8.10. The van der Waals surface area contributed by atoms with Crippen molar-refractivity contribution in [3.8, 4) is 23.8 Å². The number of amides is 2. The van der Waals surface area contributed by atoms with E-state index in [0.29, 0.717) is 28.6 Å². The molecule has 5 rings (SSSR count). The van der Waals surface area contributed by atoms with E-state index in [4.69, 9.17) is 14.7 Å². The number of rotatable bonds is 6. The van der Waals surface area contributed by atoms with Crippen LogP contribution in [0.3, 0.4) is 0 Å². The van der Waals surface area contributed by atoms with Gasteiger partial charge in [-0.25, -0.2) is 15.2 Å². The maximum Gasteiger partial charge on any atom is 0.426 e. The summed E-state index contributed by atoms with van der Waals surface area (Å²) < 4.78 is 11.7. The number of nitrogens with zero attached hydrogens (tertiary/aromatic N) is 4. The van der Waals surface area contributed by atoms with E-state index in [9.17, 15) is 14.9 Å². The number of hydrogen-bond donors (Lipinski definition) is 3. The third kappa shape index (κ3) is 6.06. The summed E-state index contributed by atoms with van der Waals surface area (Å²) in [6.45, 7) is 8.88. The minimum atomic E-state index is -0.817. The Morgan fingerprint density at radius 2 is 1.74 bits per heavy atom. The third-order valence-corrected chi connectivity index (χ3v) is 7.36. The Labute approximate surface area is 240 Å². The van der Waals surface area contributed by atoms with Crippen LogP contribution in [-0.2, 0) is 4.74 Å². The summed E-state index contributed by atoms with van der Waals surface area (Å²) in [5, 5.41) is 21.5. The SMILES string of the molecule is Cc1cc(/C=C/C#N)cc(C)c1Oc1nc(NC23CC(C#N)(C2)C3)nc(C(=O)NNC(=O)OC(C)(C)C)c1I. The van der Waals surface area contributed by atoms with Crippen molar-refractivity contribution in [1.29, 1.82) is 10.5 Å². The summed E-state index contributed by atoms with van der Waals surface area (Å²) in [5.41, 5.74) is 5.70. The summed E-state index contributed by atoms with van der Waals surface area (Å²) in [5.74, 6) is 0.211. The molecule has 1 heterocycles. The van der Waals surface area contributed by atoms with Crippen LogP contribution in [0.5, 0.6) is 11.6 Å². The molecule has 3 saturated carbocycles. The van der Waals surface area contributed by atoms with Crippen molar-refractivity contribution in [1.82, 2.24) is 20.8 Å². The first-order chi connectivity index (χ1) is 18.3. The number of carbonyl (C=O) groups is 2. The average molecular weight is 641 g/mol. The number of ether oxygens (including phenoxy) is 2. The van der Waals surface area contributed by atoms with Gasteiger partial charge in [-0.2, -0.15) is 15.5 Å². The largest absolute Gasteiger partial charge is 0.443 e. The zero-order valence-corrected chi connectivity index (χ0v) is 24.4. The maximum absolute atomic E-state index is 13.1. The molecule has 0 atom stereocenters. The first-order valence-corrected chi connectivity index (χ1v) is 13.3. The van der Waals surface area contributed by atoms with Crippen molar-refractivity contribution in [3.05, 3.63) is 44.2 Å². The molecule has 3 N–H and O–H groups in total. The number of hydrazine groups is 1. The third-order valence-electron chi connectivity index (χ3n) is 6.39. The molecule has 3 aliphatic rings. The van der Waals surface area contributed by atoms with Crippen molar-refractivity contribution in [2.75, 3.05) is 5.32 Å². The molecule has 3 aliphatic carbocycles. The molecule has 2 aromatic rings. The lowest BCUT2D eigenvalue weighted by molar-refractivity contribution is -0.0665. The highest BCUT2D eigenvalue weighted by atomic mass is 127. The highest BCUT2D eigenvalue weighted by Gasteiger charge is 2.69. The molecule has 1 aromatic carbocycles. The van der Waals surface area contributed by atoms with E-state index in [1.807, 2.05) is 54.6 Å². The van der Waals surface area contributed by atoms with Gasteiger partial charge in [0, 0.05) is 11.6 Å². The Hall–Kier alpha value is -3.91. The Morgan fingerprint density at radius 1 is 1.10 bits per heavy atom. The van der Waals surface area contributed by atoms with Crippen LogP contribution in [0.1, 0.15) is 67.2 Å². The lowest BCUT2D eigenvalue weighted by atomic mass is 9.40. The summed E-state index contributed by atoms with van der Waals surface area (Å²) in [4.78, 5) is 34.1. The van der Waals surface area contributed by atoms with Crippen molar-refractivity contribution < 1.29 is 19.1 Å². The molecule has 3 fully saturated rings. The first kappa shape index (κ1) is 28.1. The molecule has 0 radical (unpaired) electrons. The Kier molecular flexibility index (Phi) is 7.45. The number of nitrogens with one attached hydrogen (secondary N) is 3. The van der Waals surface area contributed by atoms with Gasteiger partial charge in [0.2, 0.25) is 11.8 Å². The number of aryl methyl sites for hydroxylation is 2. The fourth-order valence-electron chi connectivity index (χ4n) is 4.92. The standard InChI is InChI=1S/C27H28IN7O4/c1-15-9-17(7-6-8-29)10-16(2)20(15)38-22-18(28)19(21(36)34-35-24(37)39-25(3,4)5)31-23(32-22)33-27-11-26(12-27,13-27)14-30/h6-7,9-10H,11-13H2,1-5H3,(H,34,36)(H,35,37)(H,31,32,33)/b7-6+. The summed E-state index contributed by atoms with van der Waals surface area (Å²) >= 11 is 1.93. The van der Waals surface area contributed by atoms with E-state index in [1.54, 1.807) is 26.8 Å². The highest BCUT2D eigenvalue weighted by molar-refractivity contribution is 14.1. The zero-order valence-electron chi connectivity index (χ0n) is 22.2. The zero-order chi connectivity index (χ0) is 28.6. The second-order valence-corrected chi connectivity index (χ2v) is 12.1. The van der Waals surface area contributed by atoms with Gasteiger partial charge >= 0.3 is 6.09 Å². The van der Waals surface area contributed by atoms with Crippen LogP contribution in [0.15, 0.2) is 18.2 Å². The van der Waals surface area contributed by atoms with Gasteiger partial charge in [0.1, 0.15) is 14.9 Å². The van der Waals surface area contributed by atoms with Gasteiger partial charge < -0.3 is 14.8 Å². The molecule has 2 bridgehead atoms. The Balaban J connectivity index is 1.63.